The molecule has 11 heteroatoms. The summed E-state index contributed by atoms with van der Waals surface area (Å²) in [5.41, 5.74) is 0.301. The Bertz CT molecular complexity index is 1430. The van der Waals surface area contributed by atoms with Crippen LogP contribution in [0, 0.1) is 0 Å². The number of rotatable bonds is 9. The van der Waals surface area contributed by atoms with Crippen LogP contribution < -0.4 is 21.4 Å². The highest BCUT2D eigenvalue weighted by Crippen LogP contribution is 2.22. The predicted octanol–water partition coefficient (Wildman–Crippen LogP) is 2.98. The molecule has 2 aromatic heterocycles. The second-order valence-corrected chi connectivity index (χ2v) is 7.96. The molecule has 0 aliphatic rings. The molecule has 0 atom stereocenters. The van der Waals surface area contributed by atoms with E-state index in [2.05, 4.69) is 27.1 Å². The van der Waals surface area contributed by atoms with Gasteiger partial charge in [0.1, 0.15) is 5.75 Å². The van der Waals surface area contributed by atoms with E-state index in [0.717, 1.165) is 10.1 Å². The zero-order valence-corrected chi connectivity index (χ0v) is 19.2. The molecule has 4 aromatic rings. The fraction of sp³-hybridized carbons (Fsp3) is 0.125. The molecule has 0 radical (unpaired) electrons. The van der Waals surface area contributed by atoms with Crippen molar-refractivity contribution in [3.63, 3.8) is 0 Å². The monoisotopic (exact) mass is 492 g/mol. The number of aliphatic hydroxyl groups excluding tert-OH is 1. The summed E-state index contributed by atoms with van der Waals surface area (Å²) in [6, 6.07) is 17.2. The Morgan fingerprint density at radius 1 is 1.06 bits per heavy atom. The second-order valence-electron chi connectivity index (χ2n) is 7.52. The lowest BCUT2D eigenvalue weighted by Crippen LogP contribution is -2.43. The molecule has 0 aliphatic carbocycles. The maximum atomic E-state index is 13.2. The normalized spacial score (nSPS) is 10.7. The quantitative estimate of drug-likeness (QED) is 0.342. The van der Waals surface area contributed by atoms with Crippen molar-refractivity contribution in [1.29, 1.82) is 0 Å². The summed E-state index contributed by atoms with van der Waals surface area (Å²) >= 11 is 5.98. The van der Waals surface area contributed by atoms with E-state index >= 15 is 0 Å². The summed E-state index contributed by atoms with van der Waals surface area (Å²) in [4.78, 5) is 30.0. The van der Waals surface area contributed by atoms with Gasteiger partial charge in [0.2, 0.25) is 11.8 Å². The smallest absolute Gasteiger partial charge is 0.355 e. The van der Waals surface area contributed by atoms with E-state index in [1.807, 2.05) is 0 Å². The number of nitrogens with one attached hydrogen (secondary N) is 1. The molecule has 2 heterocycles. The lowest BCUT2D eigenvalue weighted by Gasteiger charge is -2.16. The molecule has 4 rings (SSSR count). The maximum Gasteiger partial charge on any atom is 0.355 e. The molecule has 178 valence electrons. The van der Waals surface area contributed by atoms with Gasteiger partial charge in [0.05, 0.1) is 19.7 Å². The van der Waals surface area contributed by atoms with Crippen LogP contribution in [0.3, 0.4) is 0 Å². The van der Waals surface area contributed by atoms with Crippen molar-refractivity contribution < 1.29 is 9.84 Å². The van der Waals surface area contributed by atoms with Gasteiger partial charge in [0.15, 0.2) is 0 Å². The summed E-state index contributed by atoms with van der Waals surface area (Å²) in [5.74, 6) is 0.934. The molecular weight excluding hydrogens is 472 g/mol. The first kappa shape index (κ1) is 23.9. The molecule has 10 nitrogen and oxygen atoms in total. The van der Waals surface area contributed by atoms with Crippen molar-refractivity contribution in [3.05, 3.63) is 111 Å². The first-order valence-electron chi connectivity index (χ1n) is 10.5. The van der Waals surface area contributed by atoms with E-state index in [-0.39, 0.29) is 25.6 Å². The van der Waals surface area contributed by atoms with Crippen LogP contribution in [-0.4, -0.2) is 36.0 Å². The lowest BCUT2D eigenvalue weighted by atomic mass is 10.2. The van der Waals surface area contributed by atoms with E-state index in [0.29, 0.717) is 27.9 Å². The van der Waals surface area contributed by atoms with E-state index in [1.54, 1.807) is 66.9 Å². The first-order chi connectivity index (χ1) is 16.9. The summed E-state index contributed by atoms with van der Waals surface area (Å²) in [7, 11) is 0. The SMILES string of the molecule is C=C(CO)Cn1c(=O)nc(Nc2ccc(Oc3cccnn3)cc2)n(Cc2ccc(Cl)cc2)c1=O. The standard InChI is InChI=1S/C24H21ClN6O4/c1-16(15-32)13-31-23(33)28-22(30(24(31)34)14-17-4-6-18(25)7-5-17)27-19-8-10-20(11-9-19)35-21-3-2-12-26-29-21/h2-12,32H,1,13-15H2,(H,27,28,33). The molecule has 2 N–H and O–H groups in total. The zero-order valence-electron chi connectivity index (χ0n) is 18.5. The van der Waals surface area contributed by atoms with Crippen LogP contribution in [0.25, 0.3) is 0 Å². The van der Waals surface area contributed by atoms with Crippen LogP contribution in [0.15, 0.2) is 88.6 Å². The van der Waals surface area contributed by atoms with Crippen LogP contribution in [0.2, 0.25) is 5.02 Å². The molecular formula is C24H21ClN6O4. The van der Waals surface area contributed by atoms with Gasteiger partial charge in [0.25, 0.3) is 0 Å². The molecule has 0 spiro atoms. The van der Waals surface area contributed by atoms with Gasteiger partial charge in [-0.05, 0) is 53.6 Å². The van der Waals surface area contributed by atoms with E-state index in [4.69, 9.17) is 16.3 Å². The Morgan fingerprint density at radius 3 is 2.46 bits per heavy atom. The van der Waals surface area contributed by atoms with Crippen LogP contribution in [0.4, 0.5) is 11.6 Å². The van der Waals surface area contributed by atoms with Crippen molar-refractivity contribution >= 4 is 23.2 Å². The number of ether oxygens (including phenoxy) is 1. The molecule has 35 heavy (non-hydrogen) atoms. The summed E-state index contributed by atoms with van der Waals surface area (Å²) in [6.07, 6.45) is 1.55. The number of hydrogen-bond acceptors (Lipinski definition) is 8. The fourth-order valence-electron chi connectivity index (χ4n) is 3.15. The van der Waals surface area contributed by atoms with E-state index in [9.17, 15) is 14.7 Å². The molecule has 0 amide bonds. The van der Waals surface area contributed by atoms with E-state index in [1.165, 1.54) is 4.57 Å². The third kappa shape index (κ3) is 5.99. The number of nitrogens with zero attached hydrogens (tertiary/aromatic N) is 5. The summed E-state index contributed by atoms with van der Waals surface area (Å²) in [5, 5.41) is 20.5. The minimum absolute atomic E-state index is 0.0587. The number of aromatic nitrogens is 5. The van der Waals surface area contributed by atoms with Crippen molar-refractivity contribution in [1.82, 2.24) is 24.3 Å². The van der Waals surface area contributed by atoms with Crippen molar-refractivity contribution in [2.45, 2.75) is 13.1 Å². The molecule has 0 unspecified atom stereocenters. The maximum absolute atomic E-state index is 13.2. The largest absolute Gasteiger partial charge is 0.438 e. The van der Waals surface area contributed by atoms with Crippen LogP contribution >= 0.6 is 11.6 Å². The van der Waals surface area contributed by atoms with Crippen molar-refractivity contribution in [3.8, 4) is 11.6 Å². The average Bonchev–Trinajstić information content (AvgIpc) is 2.87. The molecule has 0 saturated heterocycles. The highest BCUT2D eigenvalue weighted by Gasteiger charge is 2.15. The minimum atomic E-state index is -0.762. The molecule has 0 bridgehead atoms. The molecule has 2 aromatic carbocycles. The van der Waals surface area contributed by atoms with Crippen LogP contribution in [-0.2, 0) is 13.1 Å². The molecule has 0 aliphatic heterocycles. The van der Waals surface area contributed by atoms with Gasteiger partial charge in [-0.1, -0.05) is 30.3 Å². The Kier molecular flexibility index (Phi) is 7.34. The van der Waals surface area contributed by atoms with Gasteiger partial charge < -0.3 is 15.2 Å². The number of halogens is 1. The minimum Gasteiger partial charge on any atom is -0.438 e. The highest BCUT2D eigenvalue weighted by molar-refractivity contribution is 6.30. The van der Waals surface area contributed by atoms with Crippen molar-refractivity contribution in [2.75, 3.05) is 11.9 Å². The van der Waals surface area contributed by atoms with Crippen LogP contribution in [0.5, 0.6) is 11.6 Å². The van der Waals surface area contributed by atoms with Gasteiger partial charge in [-0.2, -0.15) is 10.1 Å². The summed E-state index contributed by atoms with van der Waals surface area (Å²) in [6.45, 7) is 3.30. The van der Waals surface area contributed by atoms with Gasteiger partial charge in [-0.15, -0.1) is 5.10 Å². The number of hydrogen-bond donors (Lipinski definition) is 2. The second kappa shape index (κ2) is 10.8. The fourth-order valence-corrected chi connectivity index (χ4v) is 3.27. The van der Waals surface area contributed by atoms with Crippen molar-refractivity contribution in [2.24, 2.45) is 0 Å². The van der Waals surface area contributed by atoms with Gasteiger partial charge in [-0.3, -0.25) is 4.57 Å². The van der Waals surface area contributed by atoms with E-state index < -0.39 is 11.4 Å². The number of benzene rings is 2. The topological polar surface area (TPSA) is 124 Å². The lowest BCUT2D eigenvalue weighted by molar-refractivity contribution is 0.323. The number of anilines is 2. The van der Waals surface area contributed by atoms with Gasteiger partial charge in [0, 0.05) is 23.0 Å². The average molecular weight is 493 g/mol. The molecule has 0 fully saturated rings. The highest BCUT2D eigenvalue weighted by atomic mass is 35.5. The Morgan fingerprint density at radius 2 is 1.80 bits per heavy atom. The van der Waals surface area contributed by atoms with Crippen LogP contribution in [0.1, 0.15) is 5.56 Å². The van der Waals surface area contributed by atoms with Gasteiger partial charge >= 0.3 is 11.4 Å². The molecule has 0 saturated carbocycles. The third-order valence-corrected chi connectivity index (χ3v) is 5.14. The predicted molar refractivity (Wildman–Crippen MR) is 131 cm³/mol. The first-order valence-corrected chi connectivity index (χ1v) is 10.9. The zero-order chi connectivity index (χ0) is 24.8. The third-order valence-electron chi connectivity index (χ3n) is 4.89. The Hall–Kier alpha value is -4.28. The number of aliphatic hydroxyl groups is 1. The van der Waals surface area contributed by atoms with Gasteiger partial charge in [-0.25, -0.2) is 14.2 Å². The Labute approximate surface area is 204 Å². The summed E-state index contributed by atoms with van der Waals surface area (Å²) < 4.78 is 7.89. The Balaban J connectivity index is 1.66.